The van der Waals surface area contributed by atoms with Crippen LogP contribution in [0, 0.1) is 11.8 Å². The summed E-state index contributed by atoms with van der Waals surface area (Å²) in [6.07, 6.45) is 6.94. The number of rotatable bonds is 4. The molecule has 3 N–H and O–H groups in total. The minimum Gasteiger partial charge on any atom is -0.453 e. The number of carbonyl (C=O) groups is 2. The Bertz CT molecular complexity index is 862. The van der Waals surface area contributed by atoms with E-state index in [9.17, 15) is 9.59 Å². The van der Waals surface area contributed by atoms with Gasteiger partial charge in [-0.3, -0.25) is 10.1 Å². The van der Waals surface area contributed by atoms with Gasteiger partial charge in [-0.1, -0.05) is 43.4 Å². The van der Waals surface area contributed by atoms with Crippen molar-refractivity contribution in [2.45, 2.75) is 44.6 Å². The number of benzene rings is 1. The van der Waals surface area contributed by atoms with Gasteiger partial charge < -0.3 is 15.4 Å². The van der Waals surface area contributed by atoms with Gasteiger partial charge in [0.05, 0.1) is 23.4 Å². The lowest BCUT2D eigenvalue weighted by atomic mass is 9.76. The van der Waals surface area contributed by atoms with Gasteiger partial charge in [0.1, 0.15) is 0 Å². The number of hydrogen-bond acceptors (Lipinski definition) is 6. The molecule has 0 bridgehead atoms. The molecule has 1 aromatic carbocycles. The lowest BCUT2D eigenvalue weighted by Crippen LogP contribution is -2.42. The minimum absolute atomic E-state index is 0.0462. The highest BCUT2D eigenvalue weighted by Crippen LogP contribution is 2.36. The molecule has 4 rings (SSSR count). The van der Waals surface area contributed by atoms with Crippen molar-refractivity contribution >= 4 is 44.4 Å². The number of nitrogens with zero attached hydrogens (tertiary/aromatic N) is 1. The predicted octanol–water partition coefficient (Wildman–Crippen LogP) is 3.97. The fourth-order valence-corrected chi connectivity index (χ4v) is 5.39. The number of anilines is 2. The molecule has 2 fully saturated rings. The van der Waals surface area contributed by atoms with Gasteiger partial charge in [-0.2, -0.15) is 0 Å². The van der Waals surface area contributed by atoms with Gasteiger partial charge in [-0.25, -0.2) is 9.78 Å². The van der Waals surface area contributed by atoms with E-state index in [1.807, 2.05) is 18.2 Å². The van der Waals surface area contributed by atoms with Crippen LogP contribution in [0.15, 0.2) is 18.2 Å². The van der Waals surface area contributed by atoms with Gasteiger partial charge >= 0.3 is 6.09 Å². The van der Waals surface area contributed by atoms with Crippen molar-refractivity contribution in [3.63, 3.8) is 0 Å². The average Bonchev–Trinajstić information content (AvgIpc) is 3.34. The maximum atomic E-state index is 12.9. The van der Waals surface area contributed by atoms with E-state index in [2.05, 4.69) is 25.7 Å². The molecule has 8 heteroatoms. The fraction of sp³-hybridized carbons (Fsp3) is 0.550. The SMILES string of the molecule is COC(=O)Nc1nc2ccc(NC(=O)C3NCCC3C3CCCCC3)cc2s1. The van der Waals surface area contributed by atoms with Gasteiger partial charge in [-0.05, 0) is 43.0 Å². The first-order valence-corrected chi connectivity index (χ1v) is 10.8. The van der Waals surface area contributed by atoms with E-state index >= 15 is 0 Å². The molecule has 1 aliphatic heterocycles. The highest BCUT2D eigenvalue weighted by atomic mass is 32.1. The normalized spacial score (nSPS) is 22.9. The largest absolute Gasteiger partial charge is 0.453 e. The third-order valence-corrected chi connectivity index (χ3v) is 6.79. The number of carbonyl (C=O) groups excluding carboxylic acids is 2. The van der Waals surface area contributed by atoms with Crippen LogP contribution in [0.1, 0.15) is 38.5 Å². The zero-order valence-electron chi connectivity index (χ0n) is 16.0. The number of aromatic nitrogens is 1. The summed E-state index contributed by atoms with van der Waals surface area (Å²) in [4.78, 5) is 28.6. The van der Waals surface area contributed by atoms with Crippen LogP contribution < -0.4 is 16.0 Å². The molecule has 2 aliphatic rings. The summed E-state index contributed by atoms with van der Waals surface area (Å²) in [6, 6.07) is 5.49. The van der Waals surface area contributed by atoms with Crippen LogP contribution in [0.25, 0.3) is 10.2 Å². The molecule has 2 unspecified atom stereocenters. The van der Waals surface area contributed by atoms with E-state index < -0.39 is 6.09 Å². The summed E-state index contributed by atoms with van der Waals surface area (Å²) >= 11 is 1.35. The van der Waals surface area contributed by atoms with E-state index in [0.29, 0.717) is 17.0 Å². The van der Waals surface area contributed by atoms with Gasteiger partial charge in [0.2, 0.25) is 5.91 Å². The summed E-state index contributed by atoms with van der Waals surface area (Å²) < 4.78 is 5.49. The molecule has 7 nitrogen and oxygen atoms in total. The van der Waals surface area contributed by atoms with Crippen LogP contribution in [0.3, 0.4) is 0 Å². The van der Waals surface area contributed by atoms with Crippen LogP contribution in [0.4, 0.5) is 15.6 Å². The molecule has 1 aliphatic carbocycles. The Kier molecular flexibility index (Phi) is 5.77. The van der Waals surface area contributed by atoms with Crippen LogP contribution >= 0.6 is 11.3 Å². The standard InChI is InChI=1S/C20H26N4O3S/c1-27-20(26)24-19-23-15-8-7-13(11-16(15)28-19)22-18(25)17-14(9-10-21-17)12-5-3-2-4-6-12/h7-8,11-12,14,17,21H,2-6,9-10H2,1H3,(H,22,25)(H,23,24,26). The van der Waals surface area contributed by atoms with Gasteiger partial charge in [0.15, 0.2) is 5.13 Å². The Morgan fingerprint density at radius 2 is 2.00 bits per heavy atom. The van der Waals surface area contributed by atoms with E-state index in [4.69, 9.17) is 0 Å². The molecule has 2 amide bonds. The molecule has 0 radical (unpaired) electrons. The first-order chi connectivity index (χ1) is 13.6. The number of thiazole rings is 1. The van der Waals surface area contributed by atoms with Crippen molar-refractivity contribution in [1.29, 1.82) is 0 Å². The Balaban J connectivity index is 1.44. The highest BCUT2D eigenvalue weighted by molar-refractivity contribution is 7.22. The number of amides is 2. The third-order valence-electron chi connectivity index (χ3n) is 5.86. The summed E-state index contributed by atoms with van der Waals surface area (Å²) in [5.41, 5.74) is 1.52. The van der Waals surface area contributed by atoms with Gasteiger partial charge in [0, 0.05) is 5.69 Å². The van der Waals surface area contributed by atoms with Crippen molar-refractivity contribution in [2.24, 2.45) is 11.8 Å². The first-order valence-electron chi connectivity index (χ1n) is 9.94. The molecule has 150 valence electrons. The van der Waals surface area contributed by atoms with Crippen molar-refractivity contribution in [3.05, 3.63) is 18.2 Å². The molecule has 1 saturated carbocycles. The number of hydrogen-bond donors (Lipinski definition) is 3. The fourth-order valence-electron chi connectivity index (χ4n) is 4.50. The molecule has 0 spiro atoms. The summed E-state index contributed by atoms with van der Waals surface area (Å²) in [5.74, 6) is 1.14. The summed E-state index contributed by atoms with van der Waals surface area (Å²) in [7, 11) is 1.31. The number of methoxy groups -OCH3 is 1. The van der Waals surface area contributed by atoms with E-state index in [0.717, 1.165) is 28.9 Å². The Hall–Kier alpha value is -2.19. The lowest BCUT2D eigenvalue weighted by Gasteiger charge is -2.30. The first kappa shape index (κ1) is 19.1. The highest BCUT2D eigenvalue weighted by Gasteiger charge is 2.38. The molecule has 1 aromatic heterocycles. The molecule has 28 heavy (non-hydrogen) atoms. The van der Waals surface area contributed by atoms with E-state index in [-0.39, 0.29) is 11.9 Å². The van der Waals surface area contributed by atoms with Gasteiger partial charge in [-0.15, -0.1) is 0 Å². The van der Waals surface area contributed by atoms with Crippen LogP contribution in [-0.2, 0) is 9.53 Å². The molecule has 2 atom stereocenters. The van der Waals surface area contributed by atoms with Crippen molar-refractivity contribution in [1.82, 2.24) is 10.3 Å². The van der Waals surface area contributed by atoms with Crippen LogP contribution in [-0.4, -0.2) is 36.7 Å². The Morgan fingerprint density at radius 3 is 2.79 bits per heavy atom. The maximum Gasteiger partial charge on any atom is 0.413 e. The molecular weight excluding hydrogens is 376 g/mol. The average molecular weight is 403 g/mol. The number of fused-ring (bicyclic) bond motifs is 1. The lowest BCUT2D eigenvalue weighted by molar-refractivity contribution is -0.119. The van der Waals surface area contributed by atoms with E-state index in [1.165, 1.54) is 50.6 Å². The molecule has 1 saturated heterocycles. The van der Waals surface area contributed by atoms with Gasteiger partial charge in [0.25, 0.3) is 0 Å². The molecule has 2 aromatic rings. The second-order valence-corrected chi connectivity index (χ2v) is 8.62. The smallest absolute Gasteiger partial charge is 0.413 e. The third kappa shape index (κ3) is 4.12. The topological polar surface area (TPSA) is 92.3 Å². The number of nitrogens with one attached hydrogen (secondary N) is 3. The summed E-state index contributed by atoms with van der Waals surface area (Å²) in [5, 5.41) is 9.53. The number of ether oxygens (including phenoxy) is 1. The van der Waals surface area contributed by atoms with Crippen molar-refractivity contribution < 1.29 is 14.3 Å². The molecule has 2 heterocycles. The maximum absolute atomic E-state index is 12.9. The van der Waals surface area contributed by atoms with E-state index in [1.54, 1.807) is 0 Å². The molecular formula is C20H26N4O3S. The van der Waals surface area contributed by atoms with Crippen molar-refractivity contribution in [3.8, 4) is 0 Å². The summed E-state index contributed by atoms with van der Waals surface area (Å²) in [6.45, 7) is 0.912. The van der Waals surface area contributed by atoms with Crippen LogP contribution in [0.2, 0.25) is 0 Å². The van der Waals surface area contributed by atoms with Crippen molar-refractivity contribution in [2.75, 3.05) is 24.3 Å². The minimum atomic E-state index is -0.548. The Labute approximate surface area is 168 Å². The van der Waals surface area contributed by atoms with Crippen LogP contribution in [0.5, 0.6) is 0 Å². The zero-order chi connectivity index (χ0) is 19.5. The quantitative estimate of drug-likeness (QED) is 0.720. The zero-order valence-corrected chi connectivity index (χ0v) is 16.8. The second kappa shape index (κ2) is 8.45. The monoisotopic (exact) mass is 402 g/mol. The Morgan fingerprint density at radius 1 is 1.18 bits per heavy atom. The predicted molar refractivity (Wildman–Crippen MR) is 111 cm³/mol. The second-order valence-electron chi connectivity index (χ2n) is 7.59.